The Morgan fingerprint density at radius 1 is 1.04 bits per heavy atom. The van der Waals surface area contributed by atoms with E-state index in [1.807, 2.05) is 0 Å². The second-order valence-corrected chi connectivity index (χ2v) is 6.69. The van der Waals surface area contributed by atoms with Crippen molar-refractivity contribution in [2.24, 2.45) is 5.92 Å². The summed E-state index contributed by atoms with van der Waals surface area (Å²) in [7, 11) is 0. The number of carbonyl (C=O) groups excluding carboxylic acids is 1. The van der Waals surface area contributed by atoms with Crippen LogP contribution in [0.2, 0.25) is 0 Å². The van der Waals surface area contributed by atoms with E-state index in [1.165, 1.54) is 29.2 Å². The van der Waals surface area contributed by atoms with E-state index < -0.39 is 12.1 Å². The molecule has 1 aliphatic heterocycles. The third-order valence-electron chi connectivity index (χ3n) is 4.74. The summed E-state index contributed by atoms with van der Waals surface area (Å²) in [5.74, 6) is -1.04. The van der Waals surface area contributed by atoms with Crippen LogP contribution in [-0.4, -0.2) is 35.1 Å². The van der Waals surface area contributed by atoms with Crippen molar-refractivity contribution in [3.8, 4) is 0 Å². The number of likely N-dealkylation sites (tertiary alicyclic amines) is 1. The van der Waals surface area contributed by atoms with Gasteiger partial charge in [0.25, 0.3) is 0 Å². The zero-order valence-corrected chi connectivity index (χ0v) is 14.6. The highest BCUT2D eigenvalue weighted by molar-refractivity contribution is 5.77. The molecule has 0 spiro atoms. The molecular weight excluding hydrogens is 354 g/mol. The molecule has 1 fully saturated rings. The summed E-state index contributed by atoms with van der Waals surface area (Å²) in [6, 6.07) is 11.0. The first-order valence-electron chi connectivity index (χ1n) is 8.70. The van der Waals surface area contributed by atoms with Gasteiger partial charge in [0.1, 0.15) is 11.6 Å². The van der Waals surface area contributed by atoms with E-state index in [-0.39, 0.29) is 29.9 Å². The first-order valence-corrected chi connectivity index (χ1v) is 8.70. The van der Waals surface area contributed by atoms with Crippen LogP contribution in [0.4, 0.5) is 13.6 Å². The van der Waals surface area contributed by atoms with E-state index in [1.54, 1.807) is 24.3 Å². The molecule has 0 bridgehead atoms. The van der Waals surface area contributed by atoms with Crippen molar-refractivity contribution < 1.29 is 23.5 Å². The minimum atomic E-state index is -0.978. The van der Waals surface area contributed by atoms with Crippen LogP contribution in [0.15, 0.2) is 48.5 Å². The smallest absolute Gasteiger partial charge is 0.407 e. The molecule has 0 aromatic heterocycles. The molecule has 1 aliphatic rings. The lowest BCUT2D eigenvalue weighted by atomic mass is 9.97. The molecule has 0 saturated carbocycles. The molecule has 142 valence electrons. The number of hydrogen-bond donors (Lipinski definition) is 2. The van der Waals surface area contributed by atoms with Gasteiger partial charge in [-0.2, -0.15) is 0 Å². The summed E-state index contributed by atoms with van der Waals surface area (Å²) in [5, 5.41) is 11.9. The van der Waals surface area contributed by atoms with Gasteiger partial charge in [0, 0.05) is 19.5 Å². The molecule has 5 nitrogen and oxygen atoms in total. The second-order valence-electron chi connectivity index (χ2n) is 6.69. The highest BCUT2D eigenvalue weighted by atomic mass is 19.1. The lowest BCUT2D eigenvalue weighted by Crippen LogP contribution is -2.32. The standard InChI is InChI=1S/C20H20F2N2O3/c21-16-5-1-14(2-6-16)19(15-3-7-17(22)8-4-15)23-18(25)11-13-9-10-24(12-13)20(26)27/h1-8,13,19H,9-12H2,(H,23,25)(H,26,27). The Morgan fingerprint density at radius 3 is 2.00 bits per heavy atom. The predicted octanol–water partition coefficient (Wildman–Crippen LogP) is 3.56. The van der Waals surface area contributed by atoms with Crippen LogP contribution in [0.3, 0.4) is 0 Å². The Balaban J connectivity index is 1.73. The number of carbonyl (C=O) groups is 2. The van der Waals surface area contributed by atoms with Crippen molar-refractivity contribution in [2.75, 3.05) is 13.1 Å². The van der Waals surface area contributed by atoms with E-state index in [9.17, 15) is 18.4 Å². The largest absolute Gasteiger partial charge is 0.465 e. The lowest BCUT2D eigenvalue weighted by molar-refractivity contribution is -0.122. The number of rotatable bonds is 5. The molecule has 1 heterocycles. The molecule has 3 rings (SSSR count). The van der Waals surface area contributed by atoms with Crippen molar-refractivity contribution in [2.45, 2.75) is 18.9 Å². The van der Waals surface area contributed by atoms with Gasteiger partial charge in [0.15, 0.2) is 0 Å². The molecular formula is C20H20F2N2O3. The number of nitrogens with zero attached hydrogens (tertiary/aromatic N) is 1. The van der Waals surface area contributed by atoms with Crippen LogP contribution in [0.1, 0.15) is 30.0 Å². The number of amides is 2. The van der Waals surface area contributed by atoms with Crippen LogP contribution >= 0.6 is 0 Å². The van der Waals surface area contributed by atoms with Crippen molar-refractivity contribution in [3.05, 3.63) is 71.3 Å². The highest BCUT2D eigenvalue weighted by Gasteiger charge is 2.28. The highest BCUT2D eigenvalue weighted by Crippen LogP contribution is 2.25. The Bertz CT molecular complexity index is 763. The summed E-state index contributed by atoms with van der Waals surface area (Å²) in [6.07, 6.45) is -0.145. The molecule has 27 heavy (non-hydrogen) atoms. The molecule has 2 aromatic carbocycles. The number of hydrogen-bond acceptors (Lipinski definition) is 2. The Labute approximate surface area is 155 Å². The number of carboxylic acid groups (broad SMARTS) is 1. The fraction of sp³-hybridized carbons (Fsp3) is 0.300. The van der Waals surface area contributed by atoms with Crippen molar-refractivity contribution in [1.82, 2.24) is 10.2 Å². The van der Waals surface area contributed by atoms with Crippen LogP contribution < -0.4 is 5.32 Å². The van der Waals surface area contributed by atoms with Gasteiger partial charge in [-0.25, -0.2) is 13.6 Å². The molecule has 1 unspecified atom stereocenters. The minimum absolute atomic E-state index is 0.0387. The normalized spacial score (nSPS) is 16.6. The van der Waals surface area contributed by atoms with Gasteiger partial charge in [-0.1, -0.05) is 24.3 Å². The van der Waals surface area contributed by atoms with Crippen LogP contribution in [0.5, 0.6) is 0 Å². The molecule has 0 aliphatic carbocycles. The maximum Gasteiger partial charge on any atom is 0.407 e. The summed E-state index contributed by atoms with van der Waals surface area (Å²) < 4.78 is 26.5. The number of benzene rings is 2. The van der Waals surface area contributed by atoms with Gasteiger partial charge in [-0.15, -0.1) is 0 Å². The van der Waals surface area contributed by atoms with Gasteiger partial charge in [0.05, 0.1) is 6.04 Å². The molecule has 2 amide bonds. The van der Waals surface area contributed by atoms with E-state index in [0.717, 1.165) is 0 Å². The van der Waals surface area contributed by atoms with Crippen LogP contribution in [-0.2, 0) is 4.79 Å². The Kier molecular flexibility index (Phi) is 5.69. The maximum absolute atomic E-state index is 13.3. The zero-order valence-electron chi connectivity index (χ0n) is 14.6. The Morgan fingerprint density at radius 2 is 1.56 bits per heavy atom. The molecule has 2 N–H and O–H groups in total. The quantitative estimate of drug-likeness (QED) is 0.841. The fourth-order valence-electron chi connectivity index (χ4n) is 3.32. The minimum Gasteiger partial charge on any atom is -0.465 e. The van der Waals surface area contributed by atoms with Crippen LogP contribution in [0.25, 0.3) is 0 Å². The molecule has 2 aromatic rings. The van der Waals surface area contributed by atoms with E-state index in [2.05, 4.69) is 5.32 Å². The molecule has 1 atom stereocenters. The molecule has 1 saturated heterocycles. The predicted molar refractivity (Wildman–Crippen MR) is 95.1 cm³/mol. The van der Waals surface area contributed by atoms with Crippen LogP contribution in [0, 0.1) is 17.6 Å². The van der Waals surface area contributed by atoms with Crippen molar-refractivity contribution in [1.29, 1.82) is 0 Å². The molecule has 0 radical (unpaired) electrons. The van der Waals surface area contributed by atoms with Gasteiger partial charge in [0.2, 0.25) is 5.91 Å². The average Bonchev–Trinajstić information content (AvgIpc) is 3.10. The first-order chi connectivity index (χ1) is 12.9. The third kappa shape index (κ3) is 4.81. The topological polar surface area (TPSA) is 69.6 Å². The summed E-state index contributed by atoms with van der Waals surface area (Å²) in [6.45, 7) is 0.757. The Hall–Kier alpha value is -2.96. The zero-order chi connectivity index (χ0) is 19.4. The number of nitrogens with one attached hydrogen (secondary N) is 1. The monoisotopic (exact) mass is 374 g/mol. The SMILES string of the molecule is O=C(CC1CCN(C(=O)O)C1)NC(c1ccc(F)cc1)c1ccc(F)cc1. The first kappa shape index (κ1) is 18.8. The molecule has 7 heteroatoms. The maximum atomic E-state index is 13.3. The summed E-state index contributed by atoms with van der Waals surface area (Å²) in [4.78, 5) is 24.8. The van der Waals surface area contributed by atoms with Gasteiger partial charge in [-0.05, 0) is 47.7 Å². The van der Waals surface area contributed by atoms with Gasteiger partial charge < -0.3 is 15.3 Å². The third-order valence-corrected chi connectivity index (χ3v) is 4.74. The second kappa shape index (κ2) is 8.16. The van der Waals surface area contributed by atoms with Crippen molar-refractivity contribution in [3.63, 3.8) is 0 Å². The van der Waals surface area contributed by atoms with E-state index in [0.29, 0.717) is 30.6 Å². The summed E-state index contributed by atoms with van der Waals surface area (Å²) >= 11 is 0. The van der Waals surface area contributed by atoms with E-state index >= 15 is 0 Å². The van der Waals surface area contributed by atoms with Gasteiger partial charge in [-0.3, -0.25) is 4.79 Å². The summed E-state index contributed by atoms with van der Waals surface area (Å²) in [5.41, 5.74) is 1.35. The van der Waals surface area contributed by atoms with E-state index in [4.69, 9.17) is 5.11 Å². The lowest BCUT2D eigenvalue weighted by Gasteiger charge is -2.21. The fourth-order valence-corrected chi connectivity index (χ4v) is 3.32. The van der Waals surface area contributed by atoms with Crippen molar-refractivity contribution >= 4 is 12.0 Å². The average molecular weight is 374 g/mol. The van der Waals surface area contributed by atoms with Gasteiger partial charge >= 0.3 is 6.09 Å². The number of halogens is 2.